The zero-order valence-corrected chi connectivity index (χ0v) is 20.1. The van der Waals surface area contributed by atoms with Crippen LogP contribution in [-0.4, -0.2) is 18.0 Å². The fourth-order valence-corrected chi connectivity index (χ4v) is 4.73. The number of thiazole rings is 1. The Morgan fingerprint density at radius 1 is 0.909 bits per heavy atom. The van der Waals surface area contributed by atoms with E-state index in [0.29, 0.717) is 16.4 Å². The summed E-state index contributed by atoms with van der Waals surface area (Å²) in [4.78, 5) is 20.2. The number of aromatic nitrogens is 1. The maximum atomic E-state index is 13.7. The summed E-state index contributed by atoms with van der Waals surface area (Å²) in [5.74, 6) is 0.556. The smallest absolute Gasteiger partial charge is 0.264 e. The lowest BCUT2D eigenvalue weighted by atomic mass is 10.1. The minimum atomic E-state index is -0.148. The number of methoxy groups -OCH3 is 1. The van der Waals surface area contributed by atoms with Gasteiger partial charge in [0.2, 0.25) is 0 Å². The number of carbonyl (C=O) groups excluding carboxylic acids is 1. The monoisotopic (exact) mass is 514 g/mol. The molecule has 0 radical (unpaired) electrons. The second kappa shape index (κ2) is 9.17. The third kappa shape index (κ3) is 4.40. The Hall–Kier alpha value is -3.48. The van der Waals surface area contributed by atoms with Gasteiger partial charge in [-0.15, -0.1) is 11.3 Å². The molecule has 1 heterocycles. The van der Waals surface area contributed by atoms with Gasteiger partial charge in [0.15, 0.2) is 5.13 Å². The van der Waals surface area contributed by atoms with Gasteiger partial charge in [-0.25, -0.2) is 4.98 Å². The largest absolute Gasteiger partial charge is 0.497 e. The van der Waals surface area contributed by atoms with Gasteiger partial charge in [0.25, 0.3) is 5.91 Å². The molecule has 0 aliphatic heterocycles. The number of benzene rings is 4. The maximum absolute atomic E-state index is 13.7. The predicted octanol–water partition coefficient (Wildman–Crippen LogP) is 7.71. The lowest BCUT2D eigenvalue weighted by molar-refractivity contribution is 0.0999. The molecule has 33 heavy (non-hydrogen) atoms. The van der Waals surface area contributed by atoms with Gasteiger partial charge in [-0.2, -0.15) is 0 Å². The summed E-state index contributed by atoms with van der Waals surface area (Å²) in [7, 11) is 1.61. The number of fused-ring (bicyclic) bond motifs is 1. The summed E-state index contributed by atoms with van der Waals surface area (Å²) in [5, 5.41) is 4.78. The van der Waals surface area contributed by atoms with E-state index in [1.54, 1.807) is 36.3 Å². The molecule has 0 saturated carbocycles. The molecule has 1 amide bonds. The van der Waals surface area contributed by atoms with Crippen molar-refractivity contribution in [3.05, 3.63) is 106 Å². The van der Waals surface area contributed by atoms with Gasteiger partial charge in [0.05, 0.1) is 18.5 Å². The SMILES string of the molecule is COc1ccc(C(=O)N(c2ccc3ccccc3c2)c2nc(-c3ccc(Br)cc3)cs2)cc1. The van der Waals surface area contributed by atoms with Gasteiger partial charge < -0.3 is 4.74 Å². The van der Waals surface area contributed by atoms with Crippen LogP contribution in [0.15, 0.2) is 101 Å². The molecular weight excluding hydrogens is 496 g/mol. The summed E-state index contributed by atoms with van der Waals surface area (Å²) in [6, 6.07) is 29.3. The van der Waals surface area contributed by atoms with Crippen LogP contribution >= 0.6 is 27.3 Å². The van der Waals surface area contributed by atoms with Crippen LogP contribution < -0.4 is 9.64 Å². The number of amides is 1. The van der Waals surface area contributed by atoms with Crippen LogP contribution in [0.4, 0.5) is 10.8 Å². The van der Waals surface area contributed by atoms with Gasteiger partial charge in [-0.3, -0.25) is 9.69 Å². The van der Waals surface area contributed by atoms with Crippen molar-refractivity contribution >= 4 is 54.8 Å². The Morgan fingerprint density at radius 2 is 1.64 bits per heavy atom. The lowest BCUT2D eigenvalue weighted by Crippen LogP contribution is -2.25. The Morgan fingerprint density at radius 3 is 2.36 bits per heavy atom. The first-order valence-electron chi connectivity index (χ1n) is 10.3. The van der Waals surface area contributed by atoms with Crippen LogP contribution in [0, 0.1) is 0 Å². The molecule has 0 bridgehead atoms. The van der Waals surface area contributed by atoms with Gasteiger partial charge in [0.1, 0.15) is 5.75 Å². The molecule has 5 rings (SSSR count). The Labute approximate surface area is 204 Å². The molecule has 0 aliphatic rings. The molecule has 5 aromatic rings. The van der Waals surface area contributed by atoms with Gasteiger partial charge in [-0.05, 0) is 59.3 Å². The van der Waals surface area contributed by atoms with Crippen molar-refractivity contribution in [1.29, 1.82) is 0 Å². The summed E-state index contributed by atoms with van der Waals surface area (Å²) in [5.41, 5.74) is 3.16. The van der Waals surface area contributed by atoms with E-state index in [0.717, 1.165) is 32.2 Å². The molecule has 0 unspecified atom stereocenters. The summed E-state index contributed by atoms with van der Waals surface area (Å²) in [6.07, 6.45) is 0. The Balaban J connectivity index is 1.60. The molecule has 4 aromatic carbocycles. The Kier molecular flexibility index (Phi) is 5.94. The van der Waals surface area contributed by atoms with E-state index in [9.17, 15) is 4.79 Å². The van der Waals surface area contributed by atoms with Crippen LogP contribution in [0.25, 0.3) is 22.0 Å². The Bertz CT molecular complexity index is 1430. The fourth-order valence-electron chi connectivity index (χ4n) is 3.61. The van der Waals surface area contributed by atoms with E-state index < -0.39 is 0 Å². The van der Waals surface area contributed by atoms with E-state index in [2.05, 4.69) is 22.0 Å². The molecule has 0 saturated heterocycles. The third-order valence-corrected chi connectivity index (χ3v) is 6.71. The van der Waals surface area contributed by atoms with Crippen LogP contribution in [0.2, 0.25) is 0 Å². The molecule has 4 nitrogen and oxygen atoms in total. The molecule has 0 fully saturated rings. The molecule has 0 aliphatic carbocycles. The number of anilines is 2. The summed E-state index contributed by atoms with van der Waals surface area (Å²) in [6.45, 7) is 0. The number of hydrogen-bond donors (Lipinski definition) is 0. The number of carbonyl (C=O) groups is 1. The molecule has 1 aromatic heterocycles. The summed E-state index contributed by atoms with van der Waals surface area (Å²) >= 11 is 4.92. The van der Waals surface area contributed by atoms with Crippen LogP contribution in [-0.2, 0) is 0 Å². The lowest BCUT2D eigenvalue weighted by Gasteiger charge is -2.21. The zero-order valence-electron chi connectivity index (χ0n) is 17.7. The van der Waals surface area contributed by atoms with Crippen molar-refractivity contribution in [2.45, 2.75) is 0 Å². The van der Waals surface area contributed by atoms with E-state index in [1.807, 2.05) is 66.0 Å². The first-order valence-corrected chi connectivity index (χ1v) is 12.0. The molecule has 0 N–H and O–H groups in total. The van der Waals surface area contributed by atoms with Crippen LogP contribution in [0.3, 0.4) is 0 Å². The van der Waals surface area contributed by atoms with Gasteiger partial charge in [-0.1, -0.05) is 58.4 Å². The second-order valence-corrected chi connectivity index (χ2v) is 9.17. The van der Waals surface area contributed by atoms with E-state index in [4.69, 9.17) is 9.72 Å². The van der Waals surface area contributed by atoms with E-state index in [-0.39, 0.29) is 5.91 Å². The number of hydrogen-bond acceptors (Lipinski definition) is 4. The molecule has 0 atom stereocenters. The number of ether oxygens (including phenoxy) is 1. The van der Waals surface area contributed by atoms with Crippen molar-refractivity contribution in [3.63, 3.8) is 0 Å². The topological polar surface area (TPSA) is 42.4 Å². The number of nitrogens with zero attached hydrogens (tertiary/aromatic N) is 2. The fraction of sp³-hybridized carbons (Fsp3) is 0.0370. The minimum absolute atomic E-state index is 0.148. The van der Waals surface area contributed by atoms with Crippen molar-refractivity contribution in [2.24, 2.45) is 0 Å². The predicted molar refractivity (Wildman–Crippen MR) is 139 cm³/mol. The maximum Gasteiger partial charge on any atom is 0.264 e. The average molecular weight is 515 g/mol. The first-order chi connectivity index (χ1) is 16.1. The molecule has 0 spiro atoms. The van der Waals surface area contributed by atoms with Crippen molar-refractivity contribution in [3.8, 4) is 17.0 Å². The third-order valence-electron chi connectivity index (χ3n) is 5.35. The van der Waals surface area contributed by atoms with Gasteiger partial charge in [0, 0.05) is 21.0 Å². The highest BCUT2D eigenvalue weighted by molar-refractivity contribution is 9.10. The highest BCUT2D eigenvalue weighted by Crippen LogP contribution is 2.35. The van der Waals surface area contributed by atoms with Crippen molar-refractivity contribution in [2.75, 3.05) is 12.0 Å². The van der Waals surface area contributed by atoms with Crippen LogP contribution in [0.1, 0.15) is 10.4 Å². The number of halogens is 1. The normalized spacial score (nSPS) is 10.8. The number of rotatable bonds is 5. The van der Waals surface area contributed by atoms with E-state index in [1.165, 1.54) is 11.3 Å². The standard InChI is InChI=1S/C27H19BrN2O2S/c1-32-24-14-9-20(10-15-24)26(31)30(23-13-8-18-4-2-3-5-21(18)16-23)27-29-25(17-33-27)19-6-11-22(28)12-7-19/h2-17H,1H3. The molecular formula is C27H19BrN2O2S. The second-order valence-electron chi connectivity index (χ2n) is 7.42. The van der Waals surface area contributed by atoms with Gasteiger partial charge >= 0.3 is 0 Å². The first kappa shape index (κ1) is 21.4. The van der Waals surface area contributed by atoms with Crippen molar-refractivity contribution < 1.29 is 9.53 Å². The minimum Gasteiger partial charge on any atom is -0.497 e. The average Bonchev–Trinajstić information content (AvgIpc) is 3.34. The highest BCUT2D eigenvalue weighted by atomic mass is 79.9. The van der Waals surface area contributed by atoms with E-state index >= 15 is 0 Å². The van der Waals surface area contributed by atoms with Crippen molar-refractivity contribution in [1.82, 2.24) is 4.98 Å². The summed E-state index contributed by atoms with van der Waals surface area (Å²) < 4.78 is 6.26. The zero-order chi connectivity index (χ0) is 22.8. The quantitative estimate of drug-likeness (QED) is 0.241. The highest BCUT2D eigenvalue weighted by Gasteiger charge is 2.23. The molecule has 6 heteroatoms. The van der Waals surface area contributed by atoms with Crippen LogP contribution in [0.5, 0.6) is 5.75 Å². The molecule has 162 valence electrons.